The molecule has 112 valence electrons. The quantitative estimate of drug-likeness (QED) is 0.694. The van der Waals surface area contributed by atoms with Crippen molar-refractivity contribution in [2.75, 3.05) is 0 Å². The highest BCUT2D eigenvalue weighted by molar-refractivity contribution is 9.10. The van der Waals surface area contributed by atoms with Crippen LogP contribution >= 0.6 is 15.9 Å². The van der Waals surface area contributed by atoms with E-state index in [0.29, 0.717) is 5.82 Å². The van der Waals surface area contributed by atoms with E-state index in [1.807, 2.05) is 24.3 Å². The summed E-state index contributed by atoms with van der Waals surface area (Å²) in [7, 11) is -3.49. The lowest BCUT2D eigenvalue weighted by Crippen LogP contribution is -2.05. The minimum atomic E-state index is -3.49. The van der Waals surface area contributed by atoms with Gasteiger partial charge in [-0.25, -0.2) is 8.42 Å². The molecule has 0 aliphatic rings. The number of halogens is 1. The lowest BCUT2D eigenvalue weighted by Gasteiger charge is -2.00. The van der Waals surface area contributed by atoms with Crippen molar-refractivity contribution in [2.45, 2.75) is 10.6 Å². The van der Waals surface area contributed by atoms with Crippen LogP contribution in [-0.4, -0.2) is 18.6 Å². The third-order valence-corrected chi connectivity index (χ3v) is 5.13. The van der Waals surface area contributed by atoms with E-state index < -0.39 is 9.84 Å². The van der Waals surface area contributed by atoms with Gasteiger partial charge in [0.25, 0.3) is 0 Å². The van der Waals surface area contributed by atoms with Gasteiger partial charge in [0.2, 0.25) is 11.7 Å². The van der Waals surface area contributed by atoms with Gasteiger partial charge in [-0.3, -0.25) is 0 Å². The van der Waals surface area contributed by atoms with Crippen LogP contribution in [0.15, 0.2) is 68.5 Å². The summed E-state index contributed by atoms with van der Waals surface area (Å²) in [6.07, 6.45) is 0. The molecule has 3 aromatic rings. The van der Waals surface area contributed by atoms with E-state index in [9.17, 15) is 8.42 Å². The number of hydrogen-bond donors (Lipinski definition) is 0. The van der Waals surface area contributed by atoms with E-state index in [1.165, 1.54) is 0 Å². The molecule has 1 aromatic heterocycles. The van der Waals surface area contributed by atoms with Crippen LogP contribution in [-0.2, 0) is 15.6 Å². The highest BCUT2D eigenvalue weighted by Gasteiger charge is 2.19. The molecule has 0 radical (unpaired) electrons. The van der Waals surface area contributed by atoms with E-state index >= 15 is 0 Å². The summed E-state index contributed by atoms with van der Waals surface area (Å²) in [6.45, 7) is 0. The molecule has 0 spiro atoms. The molecular formula is C15H11BrN2O3S. The summed E-state index contributed by atoms with van der Waals surface area (Å²) in [5, 5.41) is 3.83. The van der Waals surface area contributed by atoms with Gasteiger partial charge in [-0.2, -0.15) is 4.98 Å². The van der Waals surface area contributed by atoms with Crippen LogP contribution in [0.25, 0.3) is 11.4 Å². The molecule has 2 aromatic carbocycles. The fourth-order valence-electron chi connectivity index (χ4n) is 1.90. The Morgan fingerprint density at radius 3 is 2.36 bits per heavy atom. The topological polar surface area (TPSA) is 73.1 Å². The van der Waals surface area contributed by atoms with Crippen LogP contribution < -0.4 is 0 Å². The van der Waals surface area contributed by atoms with Crippen LogP contribution in [0.5, 0.6) is 0 Å². The SMILES string of the molecule is O=S(=O)(Cc1nc(-c2ccc(Br)cc2)no1)c1ccccc1. The molecule has 0 aliphatic heterocycles. The number of hydrogen-bond acceptors (Lipinski definition) is 5. The molecule has 0 saturated carbocycles. The molecule has 3 rings (SSSR count). The average molecular weight is 379 g/mol. The number of rotatable bonds is 4. The van der Waals surface area contributed by atoms with Crippen LogP contribution in [0.4, 0.5) is 0 Å². The predicted molar refractivity (Wildman–Crippen MR) is 84.8 cm³/mol. The summed E-state index contributed by atoms with van der Waals surface area (Å²) in [4.78, 5) is 4.38. The molecule has 22 heavy (non-hydrogen) atoms. The first kappa shape index (κ1) is 14.9. The zero-order valence-electron chi connectivity index (χ0n) is 11.3. The molecule has 0 atom stereocenters. The van der Waals surface area contributed by atoms with E-state index in [0.717, 1.165) is 10.0 Å². The van der Waals surface area contributed by atoms with Crippen LogP contribution in [0, 0.1) is 0 Å². The first-order valence-corrected chi connectivity index (χ1v) is 8.85. The maximum atomic E-state index is 12.3. The minimum absolute atomic E-state index is 0.0711. The summed E-state index contributed by atoms with van der Waals surface area (Å²) in [5.41, 5.74) is 0.760. The van der Waals surface area contributed by atoms with Crippen LogP contribution in [0.2, 0.25) is 0 Å². The van der Waals surface area contributed by atoms with Gasteiger partial charge in [0, 0.05) is 10.0 Å². The maximum Gasteiger partial charge on any atom is 0.242 e. The van der Waals surface area contributed by atoms with Crippen molar-refractivity contribution in [3.63, 3.8) is 0 Å². The number of benzene rings is 2. The summed E-state index contributed by atoms with van der Waals surface area (Å²) >= 11 is 3.35. The largest absolute Gasteiger partial charge is 0.338 e. The van der Waals surface area contributed by atoms with Crippen LogP contribution in [0.3, 0.4) is 0 Å². The van der Waals surface area contributed by atoms with Gasteiger partial charge < -0.3 is 4.52 Å². The zero-order chi connectivity index (χ0) is 15.6. The minimum Gasteiger partial charge on any atom is -0.338 e. The first-order valence-electron chi connectivity index (χ1n) is 6.41. The van der Waals surface area contributed by atoms with Gasteiger partial charge in [0.05, 0.1) is 4.90 Å². The molecule has 0 saturated heterocycles. The second kappa shape index (κ2) is 6.02. The highest BCUT2D eigenvalue weighted by Crippen LogP contribution is 2.21. The monoisotopic (exact) mass is 378 g/mol. The van der Waals surface area contributed by atoms with E-state index in [1.54, 1.807) is 30.3 Å². The van der Waals surface area contributed by atoms with E-state index in [2.05, 4.69) is 26.1 Å². The second-order valence-corrected chi connectivity index (χ2v) is 7.50. The Morgan fingerprint density at radius 1 is 1.00 bits per heavy atom. The predicted octanol–water partition coefficient (Wildman–Crippen LogP) is 3.47. The Labute approximate surface area is 136 Å². The normalized spacial score (nSPS) is 11.5. The number of aromatic nitrogens is 2. The lowest BCUT2D eigenvalue weighted by atomic mass is 10.2. The molecule has 5 nitrogen and oxygen atoms in total. The van der Waals surface area contributed by atoms with Gasteiger partial charge in [0.15, 0.2) is 9.84 Å². The highest BCUT2D eigenvalue weighted by atomic mass is 79.9. The van der Waals surface area contributed by atoms with Gasteiger partial charge in [-0.1, -0.05) is 39.3 Å². The molecule has 1 heterocycles. The molecule has 0 unspecified atom stereocenters. The number of nitrogens with zero attached hydrogens (tertiary/aromatic N) is 2. The molecule has 0 aliphatic carbocycles. The lowest BCUT2D eigenvalue weighted by molar-refractivity contribution is 0.389. The van der Waals surface area contributed by atoms with Crippen LogP contribution in [0.1, 0.15) is 5.89 Å². The van der Waals surface area contributed by atoms with Crippen molar-refractivity contribution in [3.8, 4) is 11.4 Å². The fourth-order valence-corrected chi connectivity index (χ4v) is 3.35. The summed E-state index contributed by atoms with van der Waals surface area (Å²) in [5.74, 6) is 0.119. The molecule has 7 heteroatoms. The third kappa shape index (κ3) is 3.26. The number of sulfone groups is 1. The summed E-state index contributed by atoms with van der Waals surface area (Å²) in [6, 6.07) is 15.6. The average Bonchev–Trinajstić information content (AvgIpc) is 2.97. The third-order valence-electron chi connectivity index (χ3n) is 2.99. The van der Waals surface area contributed by atoms with E-state index in [-0.39, 0.29) is 16.5 Å². The molecule has 0 bridgehead atoms. The van der Waals surface area contributed by atoms with Crippen molar-refractivity contribution in [1.29, 1.82) is 0 Å². The Hall–Kier alpha value is -1.99. The van der Waals surface area contributed by atoms with Gasteiger partial charge in [-0.15, -0.1) is 0 Å². The molecule has 0 N–H and O–H groups in total. The zero-order valence-corrected chi connectivity index (χ0v) is 13.7. The standard InChI is InChI=1S/C15H11BrN2O3S/c16-12-8-6-11(7-9-12)15-17-14(21-18-15)10-22(19,20)13-4-2-1-3-5-13/h1-9H,10H2. The smallest absolute Gasteiger partial charge is 0.242 e. The van der Waals surface area contributed by atoms with Crippen molar-refractivity contribution in [2.24, 2.45) is 0 Å². The molecule has 0 amide bonds. The van der Waals surface area contributed by atoms with Gasteiger partial charge >= 0.3 is 0 Å². The second-order valence-electron chi connectivity index (χ2n) is 4.59. The van der Waals surface area contributed by atoms with E-state index in [4.69, 9.17) is 4.52 Å². The molecule has 0 fully saturated rings. The van der Waals surface area contributed by atoms with Crippen molar-refractivity contribution in [1.82, 2.24) is 10.1 Å². The maximum absolute atomic E-state index is 12.3. The van der Waals surface area contributed by atoms with Gasteiger partial charge in [0.1, 0.15) is 5.75 Å². The molecular weight excluding hydrogens is 368 g/mol. The van der Waals surface area contributed by atoms with Crippen molar-refractivity contribution in [3.05, 3.63) is 65.0 Å². The fraction of sp³-hybridized carbons (Fsp3) is 0.0667. The Kier molecular flexibility index (Phi) is 4.08. The Balaban J connectivity index is 1.84. The Morgan fingerprint density at radius 2 is 1.68 bits per heavy atom. The first-order chi connectivity index (χ1) is 10.5. The Bertz CT molecular complexity index is 875. The van der Waals surface area contributed by atoms with Crippen molar-refractivity contribution < 1.29 is 12.9 Å². The van der Waals surface area contributed by atoms with Gasteiger partial charge in [-0.05, 0) is 36.4 Å². The summed E-state index contributed by atoms with van der Waals surface area (Å²) < 4.78 is 30.5. The van der Waals surface area contributed by atoms with Crippen molar-refractivity contribution >= 4 is 25.8 Å².